The second-order valence-electron chi connectivity index (χ2n) is 16.9. The van der Waals surface area contributed by atoms with E-state index in [0.717, 1.165) is 34.1 Å². The molecule has 65 heavy (non-hydrogen) atoms. The zero-order valence-corrected chi connectivity index (χ0v) is 35.8. The highest BCUT2D eigenvalue weighted by atomic mass is 15.2. The van der Waals surface area contributed by atoms with Gasteiger partial charge in [0.1, 0.15) is 0 Å². The van der Waals surface area contributed by atoms with Crippen LogP contribution in [0.1, 0.15) is 11.5 Å². The van der Waals surface area contributed by atoms with Crippen LogP contribution >= 0.6 is 0 Å². The molecule has 1 aliphatic heterocycles. The van der Waals surface area contributed by atoms with Crippen LogP contribution in [0.15, 0.2) is 261 Å². The highest BCUT2D eigenvalue weighted by Crippen LogP contribution is 2.51. The summed E-state index contributed by atoms with van der Waals surface area (Å²) in [6.45, 7) is 0. The van der Waals surface area contributed by atoms with Gasteiger partial charge in [0.25, 0.3) is 0 Å². The van der Waals surface area contributed by atoms with E-state index in [9.17, 15) is 0 Å². The van der Waals surface area contributed by atoms with Gasteiger partial charge in [-0.15, -0.1) is 0 Å². The molecule has 3 nitrogen and oxygen atoms in total. The van der Waals surface area contributed by atoms with Gasteiger partial charge in [0.15, 0.2) is 0 Å². The molecule has 0 bridgehead atoms. The molecule has 0 saturated heterocycles. The van der Waals surface area contributed by atoms with Gasteiger partial charge >= 0.3 is 0 Å². The van der Waals surface area contributed by atoms with Gasteiger partial charge in [-0.25, -0.2) is 0 Å². The van der Waals surface area contributed by atoms with Crippen molar-refractivity contribution in [1.29, 1.82) is 0 Å². The molecule has 1 aliphatic carbocycles. The average molecular weight is 832 g/mol. The summed E-state index contributed by atoms with van der Waals surface area (Å²) in [4.78, 5) is 7.31. The molecule has 0 amide bonds. The molecule has 308 valence electrons. The molecule has 3 heteroatoms. The van der Waals surface area contributed by atoms with Gasteiger partial charge in [-0.2, -0.15) is 0 Å². The highest BCUT2D eigenvalue weighted by molar-refractivity contribution is 6.07. The third kappa shape index (κ3) is 6.86. The van der Waals surface area contributed by atoms with E-state index in [0.29, 0.717) is 0 Å². The number of allylic oxidation sites excluding steroid dienone is 2. The number of rotatable bonds is 9. The summed E-state index contributed by atoms with van der Waals surface area (Å²) in [6, 6.07) is 86.2. The fraction of sp³-hybridized carbons (Fsp3) is 0.0323. The van der Waals surface area contributed by atoms with Crippen molar-refractivity contribution in [3.63, 3.8) is 0 Å². The Labute approximate surface area is 380 Å². The lowest BCUT2D eigenvalue weighted by Gasteiger charge is -2.29. The van der Waals surface area contributed by atoms with Crippen molar-refractivity contribution in [3.05, 3.63) is 266 Å². The van der Waals surface area contributed by atoms with Crippen molar-refractivity contribution < 1.29 is 0 Å². The SMILES string of the molecule is C1=CC2c3cc(N(c4ccccc4)c4ccc(-c5ccc(N(c6ccc(-c7ccccc7)cc6)c6cccc7ccccc67)cc5)c5ccccc45)ccc3N(c3ccccc3)C2C=C1. The maximum atomic E-state index is 2.50. The molecular weight excluding hydrogens is 787 g/mol. The molecule has 1 heterocycles. The Hall–Kier alpha value is -8.40. The molecular formula is C62H45N3. The zero-order chi connectivity index (χ0) is 43.1. The van der Waals surface area contributed by atoms with E-state index < -0.39 is 0 Å². The Morgan fingerprint density at radius 3 is 1.65 bits per heavy atom. The lowest BCUT2D eigenvalue weighted by atomic mass is 9.91. The number of hydrogen-bond donors (Lipinski definition) is 0. The zero-order valence-electron chi connectivity index (χ0n) is 35.8. The van der Waals surface area contributed by atoms with Gasteiger partial charge in [0.2, 0.25) is 0 Å². The minimum Gasteiger partial charge on any atom is -0.333 e. The summed E-state index contributed by atoms with van der Waals surface area (Å²) in [5.74, 6) is 0.250. The average Bonchev–Trinajstić information content (AvgIpc) is 3.72. The molecule has 2 atom stereocenters. The first-order valence-corrected chi connectivity index (χ1v) is 22.5. The third-order valence-corrected chi connectivity index (χ3v) is 13.2. The Bertz CT molecular complexity index is 3370. The Balaban J connectivity index is 0.946. The van der Waals surface area contributed by atoms with Crippen LogP contribution in [0.4, 0.5) is 45.5 Å². The first-order valence-electron chi connectivity index (χ1n) is 22.5. The Kier molecular flexibility index (Phi) is 9.65. The van der Waals surface area contributed by atoms with Crippen LogP contribution < -0.4 is 14.7 Å². The lowest BCUT2D eigenvalue weighted by Crippen LogP contribution is -2.28. The van der Waals surface area contributed by atoms with Crippen LogP contribution in [0.2, 0.25) is 0 Å². The second kappa shape index (κ2) is 16.4. The second-order valence-corrected chi connectivity index (χ2v) is 16.9. The van der Waals surface area contributed by atoms with Gasteiger partial charge in [-0.05, 0) is 117 Å². The van der Waals surface area contributed by atoms with Crippen LogP contribution in [0.5, 0.6) is 0 Å². The normalized spacial score (nSPS) is 14.9. The number of para-hydroxylation sites is 2. The summed E-state index contributed by atoms with van der Waals surface area (Å²) in [5.41, 5.74) is 15.3. The molecule has 2 unspecified atom stereocenters. The number of anilines is 8. The maximum Gasteiger partial charge on any atom is 0.0629 e. The Morgan fingerprint density at radius 1 is 0.354 bits per heavy atom. The maximum absolute atomic E-state index is 2.50. The number of benzene rings is 10. The fourth-order valence-corrected chi connectivity index (χ4v) is 10.1. The van der Waals surface area contributed by atoms with Crippen molar-refractivity contribution in [1.82, 2.24) is 0 Å². The van der Waals surface area contributed by atoms with Crippen molar-refractivity contribution in [2.75, 3.05) is 14.7 Å². The Morgan fingerprint density at radius 2 is 0.892 bits per heavy atom. The number of nitrogens with zero attached hydrogens (tertiary/aromatic N) is 3. The summed E-state index contributed by atoms with van der Waals surface area (Å²) >= 11 is 0. The predicted octanol–water partition coefficient (Wildman–Crippen LogP) is 17.0. The van der Waals surface area contributed by atoms with Gasteiger partial charge < -0.3 is 14.7 Å². The molecule has 0 N–H and O–H groups in total. The fourth-order valence-electron chi connectivity index (χ4n) is 10.1. The van der Waals surface area contributed by atoms with Gasteiger partial charge in [-0.3, -0.25) is 0 Å². The van der Waals surface area contributed by atoms with E-state index in [-0.39, 0.29) is 12.0 Å². The molecule has 0 aromatic heterocycles. The molecule has 12 rings (SSSR count). The van der Waals surface area contributed by atoms with Crippen molar-refractivity contribution >= 4 is 67.0 Å². The minimum atomic E-state index is 0.226. The topological polar surface area (TPSA) is 9.72 Å². The standard InChI is InChI=1S/C62H45N3/c1-4-17-44(18-5-1)45-31-35-50(36-32-45)63(59-30-16-20-46-19-10-11-25-54(46)59)51-37-33-47(34-38-51)53-40-42-61(56-27-13-12-26-55(53)56)64(48-21-6-2-7-22-48)52-39-41-62-58(43-52)57-28-14-15-29-60(57)65(62)49-23-8-3-9-24-49/h1-43,57,60H. The van der Waals surface area contributed by atoms with Crippen LogP contribution in [0.25, 0.3) is 43.8 Å². The molecule has 2 aliphatic rings. The largest absolute Gasteiger partial charge is 0.333 e. The number of hydrogen-bond acceptors (Lipinski definition) is 3. The van der Waals surface area contributed by atoms with Crippen LogP contribution in [0, 0.1) is 0 Å². The minimum absolute atomic E-state index is 0.226. The third-order valence-electron chi connectivity index (χ3n) is 13.2. The van der Waals surface area contributed by atoms with E-state index in [1.165, 1.54) is 60.7 Å². The molecule has 0 radical (unpaired) electrons. The van der Waals surface area contributed by atoms with Crippen molar-refractivity contribution in [3.8, 4) is 22.3 Å². The molecule has 0 spiro atoms. The quantitative estimate of drug-likeness (QED) is 0.143. The van der Waals surface area contributed by atoms with E-state index >= 15 is 0 Å². The van der Waals surface area contributed by atoms with E-state index in [1.54, 1.807) is 0 Å². The van der Waals surface area contributed by atoms with Gasteiger partial charge in [0, 0.05) is 50.8 Å². The first kappa shape index (κ1) is 38.3. The molecule has 10 aromatic carbocycles. The molecule has 0 saturated carbocycles. The highest BCUT2D eigenvalue weighted by Gasteiger charge is 2.38. The summed E-state index contributed by atoms with van der Waals surface area (Å²) in [6.07, 6.45) is 9.09. The van der Waals surface area contributed by atoms with Crippen LogP contribution in [-0.2, 0) is 0 Å². The monoisotopic (exact) mass is 831 g/mol. The van der Waals surface area contributed by atoms with Gasteiger partial charge in [0.05, 0.1) is 17.4 Å². The summed E-state index contributed by atoms with van der Waals surface area (Å²) in [7, 11) is 0. The van der Waals surface area contributed by atoms with Crippen molar-refractivity contribution in [2.45, 2.75) is 12.0 Å². The van der Waals surface area contributed by atoms with E-state index in [1.807, 2.05) is 0 Å². The van der Waals surface area contributed by atoms with Gasteiger partial charge in [-0.1, -0.05) is 182 Å². The number of fused-ring (bicyclic) bond motifs is 5. The lowest BCUT2D eigenvalue weighted by molar-refractivity contribution is 0.745. The summed E-state index contributed by atoms with van der Waals surface area (Å²) < 4.78 is 0. The smallest absolute Gasteiger partial charge is 0.0629 e. The summed E-state index contributed by atoms with van der Waals surface area (Å²) in [5, 5.41) is 4.82. The van der Waals surface area contributed by atoms with E-state index in [4.69, 9.17) is 0 Å². The van der Waals surface area contributed by atoms with E-state index in [2.05, 4.69) is 276 Å². The molecule has 0 fully saturated rings. The predicted molar refractivity (Wildman–Crippen MR) is 275 cm³/mol. The molecule has 10 aromatic rings. The van der Waals surface area contributed by atoms with Crippen molar-refractivity contribution in [2.24, 2.45) is 0 Å². The first-order chi connectivity index (χ1) is 32.3. The van der Waals surface area contributed by atoms with Crippen LogP contribution in [-0.4, -0.2) is 6.04 Å². The van der Waals surface area contributed by atoms with Crippen LogP contribution in [0.3, 0.4) is 0 Å².